The van der Waals surface area contributed by atoms with E-state index >= 15 is 0 Å². The van der Waals surface area contributed by atoms with Gasteiger partial charge in [-0.2, -0.15) is 0 Å². The molecule has 0 unspecified atom stereocenters. The molecule has 0 radical (unpaired) electrons. The zero-order chi connectivity index (χ0) is 14.4. The molecule has 4 heteroatoms. The summed E-state index contributed by atoms with van der Waals surface area (Å²) in [5.41, 5.74) is 1.04. The smallest absolute Gasteiger partial charge is 0.354 e. The van der Waals surface area contributed by atoms with Gasteiger partial charge in [-0.1, -0.05) is 24.2 Å². The van der Waals surface area contributed by atoms with Crippen molar-refractivity contribution in [3.05, 3.63) is 47.6 Å². The Morgan fingerprint density at radius 3 is 2.84 bits per heavy atom. The normalized spacial score (nSPS) is 11.7. The maximum Gasteiger partial charge on any atom is 0.354 e. The quantitative estimate of drug-likeness (QED) is 0.654. The molecular formula is C15H11NO3. The molecule has 0 aliphatic carbocycles. The molecule has 0 saturated heterocycles. The van der Waals surface area contributed by atoms with Crippen LogP contribution in [0.2, 0.25) is 0 Å². The van der Waals surface area contributed by atoms with E-state index in [1.165, 1.54) is 12.1 Å². The molecule has 0 saturated carbocycles. The molecule has 3 aromatic rings. The first-order chi connectivity index (χ1) is 9.50. The first kappa shape index (κ1) is 10.3. The van der Waals surface area contributed by atoms with Crippen molar-refractivity contribution in [3.63, 3.8) is 0 Å². The number of pyridine rings is 1. The average Bonchev–Trinajstić information content (AvgIpc) is 2.44. The third-order valence-corrected chi connectivity index (χ3v) is 3.12. The number of rotatable bonds is 1. The fourth-order valence-electron chi connectivity index (χ4n) is 2.23. The van der Waals surface area contributed by atoms with Crippen LogP contribution in [-0.2, 0) is 0 Å². The summed E-state index contributed by atoms with van der Waals surface area (Å²) in [5.74, 6) is -1.13. The van der Waals surface area contributed by atoms with Crippen molar-refractivity contribution in [1.29, 1.82) is 0 Å². The Morgan fingerprint density at radius 1 is 1.32 bits per heavy atom. The minimum Gasteiger partial charge on any atom is -0.507 e. The van der Waals surface area contributed by atoms with Crippen molar-refractivity contribution in [1.82, 2.24) is 4.98 Å². The van der Waals surface area contributed by atoms with Crippen molar-refractivity contribution in [2.24, 2.45) is 0 Å². The number of carbonyl (C=O) groups is 1. The third-order valence-electron chi connectivity index (χ3n) is 3.12. The summed E-state index contributed by atoms with van der Waals surface area (Å²) in [5, 5.41) is 20.7. The van der Waals surface area contributed by atoms with Crippen LogP contribution in [0.5, 0.6) is 5.75 Å². The Bertz CT molecular complexity index is 874. The molecule has 0 atom stereocenters. The minimum absolute atomic E-state index is 0.00367. The summed E-state index contributed by atoms with van der Waals surface area (Å²) in [6.45, 7) is 1.79. The number of carboxylic acids is 1. The number of phenols is 1. The summed E-state index contributed by atoms with van der Waals surface area (Å²) in [7, 11) is 0. The molecule has 0 aliphatic rings. The van der Waals surface area contributed by atoms with Gasteiger partial charge in [0, 0.05) is 10.8 Å². The van der Waals surface area contributed by atoms with E-state index in [1.807, 2.05) is 0 Å². The van der Waals surface area contributed by atoms with Gasteiger partial charge in [-0.25, -0.2) is 9.78 Å². The molecule has 2 aromatic carbocycles. The van der Waals surface area contributed by atoms with Crippen LogP contribution < -0.4 is 0 Å². The van der Waals surface area contributed by atoms with Gasteiger partial charge >= 0.3 is 5.97 Å². The van der Waals surface area contributed by atoms with Gasteiger partial charge in [0.15, 0.2) is 0 Å². The molecule has 4 nitrogen and oxygen atoms in total. The standard InChI is InChI=1S/C15H11NO3/c1-8-7-9-3-2-4-12(17)13(9)14-10(8)5-6-11(16-14)15(18)19/h2-7,17H,1H3,(H,18,19)/i7D. The fourth-order valence-corrected chi connectivity index (χ4v) is 2.23. The molecule has 0 amide bonds. The predicted octanol–water partition coefficient (Wildman–Crippen LogP) is 3.10. The third kappa shape index (κ3) is 1.69. The van der Waals surface area contributed by atoms with Gasteiger partial charge in [0.05, 0.1) is 6.89 Å². The van der Waals surface area contributed by atoms with Crippen molar-refractivity contribution >= 4 is 27.6 Å². The van der Waals surface area contributed by atoms with Gasteiger partial charge in [-0.05, 0) is 30.0 Å². The summed E-state index contributed by atoms with van der Waals surface area (Å²) >= 11 is 0. The van der Waals surface area contributed by atoms with Gasteiger partial charge in [-0.15, -0.1) is 0 Å². The molecule has 3 rings (SSSR count). The van der Waals surface area contributed by atoms with Crippen molar-refractivity contribution in [3.8, 4) is 5.75 Å². The monoisotopic (exact) mass is 254 g/mol. The Kier molecular flexibility index (Phi) is 2.14. The van der Waals surface area contributed by atoms with Gasteiger partial charge in [0.2, 0.25) is 0 Å². The van der Waals surface area contributed by atoms with E-state index < -0.39 is 5.97 Å². The van der Waals surface area contributed by atoms with Gasteiger partial charge < -0.3 is 10.2 Å². The van der Waals surface area contributed by atoms with Gasteiger partial charge in [0.1, 0.15) is 11.4 Å². The van der Waals surface area contributed by atoms with Crippen LogP contribution in [0.1, 0.15) is 17.4 Å². The zero-order valence-corrected chi connectivity index (χ0v) is 10.1. The minimum atomic E-state index is -1.12. The van der Waals surface area contributed by atoms with Crippen molar-refractivity contribution in [2.45, 2.75) is 6.92 Å². The Labute approximate surface area is 110 Å². The number of aromatic carboxylic acids is 1. The van der Waals surface area contributed by atoms with Crippen LogP contribution in [0.3, 0.4) is 0 Å². The predicted molar refractivity (Wildman–Crippen MR) is 72.6 cm³/mol. The molecule has 1 heterocycles. The number of benzene rings is 2. The average molecular weight is 254 g/mol. The lowest BCUT2D eigenvalue weighted by Crippen LogP contribution is -2.00. The Balaban J connectivity index is 2.61. The second kappa shape index (κ2) is 3.95. The molecular weight excluding hydrogens is 242 g/mol. The molecule has 0 aliphatic heterocycles. The number of aromatic nitrogens is 1. The summed E-state index contributed by atoms with van der Waals surface area (Å²) in [6, 6.07) is 8.23. The number of nitrogens with zero attached hydrogens (tertiary/aromatic N) is 1. The molecule has 0 bridgehead atoms. The number of aromatic hydroxyl groups is 1. The van der Waals surface area contributed by atoms with E-state index in [-0.39, 0.29) is 11.4 Å². The highest BCUT2D eigenvalue weighted by molar-refractivity contribution is 6.10. The SMILES string of the molecule is [2H]c1c(C)c2ccc(C(=O)O)nc2c2c(O)cccc12. The lowest BCUT2D eigenvalue weighted by Gasteiger charge is -2.08. The summed E-state index contributed by atoms with van der Waals surface area (Å²) in [4.78, 5) is 15.2. The molecule has 1 aromatic heterocycles. The van der Waals surface area contributed by atoms with Gasteiger partial charge in [0.25, 0.3) is 0 Å². The van der Waals surface area contributed by atoms with Crippen LogP contribution in [0.25, 0.3) is 21.7 Å². The van der Waals surface area contributed by atoms with E-state index in [2.05, 4.69) is 4.98 Å². The van der Waals surface area contributed by atoms with E-state index in [1.54, 1.807) is 25.1 Å². The van der Waals surface area contributed by atoms with E-state index in [0.29, 0.717) is 33.3 Å². The maximum absolute atomic E-state index is 11.1. The Morgan fingerprint density at radius 2 is 2.11 bits per heavy atom. The topological polar surface area (TPSA) is 70.4 Å². The highest BCUT2D eigenvalue weighted by Gasteiger charge is 2.12. The number of hydrogen-bond acceptors (Lipinski definition) is 3. The fraction of sp³-hybridized carbons (Fsp3) is 0.0667. The van der Waals surface area contributed by atoms with Crippen molar-refractivity contribution < 1.29 is 16.4 Å². The molecule has 2 N–H and O–H groups in total. The van der Waals surface area contributed by atoms with Crippen LogP contribution >= 0.6 is 0 Å². The largest absolute Gasteiger partial charge is 0.507 e. The molecule has 94 valence electrons. The highest BCUT2D eigenvalue weighted by atomic mass is 16.4. The number of fused-ring (bicyclic) bond motifs is 3. The van der Waals surface area contributed by atoms with Crippen molar-refractivity contribution in [2.75, 3.05) is 0 Å². The lowest BCUT2D eigenvalue weighted by atomic mass is 10.0. The first-order valence-electron chi connectivity index (χ1n) is 6.25. The highest BCUT2D eigenvalue weighted by Crippen LogP contribution is 2.33. The van der Waals surface area contributed by atoms with Crippen LogP contribution in [0.4, 0.5) is 0 Å². The zero-order valence-electron chi connectivity index (χ0n) is 11.1. The maximum atomic E-state index is 11.1. The summed E-state index contributed by atoms with van der Waals surface area (Å²) in [6.07, 6.45) is 0. The number of hydrogen-bond donors (Lipinski definition) is 2. The second-order valence-electron chi connectivity index (χ2n) is 4.35. The molecule has 0 spiro atoms. The number of phenolic OH excluding ortho intramolecular Hbond substituents is 1. The van der Waals surface area contributed by atoms with Crippen LogP contribution in [-0.4, -0.2) is 21.2 Å². The molecule has 19 heavy (non-hydrogen) atoms. The van der Waals surface area contributed by atoms with E-state index in [0.717, 1.165) is 0 Å². The van der Waals surface area contributed by atoms with E-state index in [9.17, 15) is 9.90 Å². The lowest BCUT2D eigenvalue weighted by molar-refractivity contribution is 0.0691. The first-order valence-corrected chi connectivity index (χ1v) is 5.75. The molecule has 0 fully saturated rings. The van der Waals surface area contributed by atoms with Gasteiger partial charge in [-0.3, -0.25) is 0 Å². The Hall–Kier alpha value is -2.62. The van der Waals surface area contributed by atoms with Crippen LogP contribution in [0.15, 0.2) is 36.4 Å². The number of aryl methyl sites for hydroxylation is 1. The summed E-state index contributed by atoms with van der Waals surface area (Å²) < 4.78 is 8.15. The van der Waals surface area contributed by atoms with E-state index in [4.69, 9.17) is 6.48 Å². The number of carboxylic acid groups (broad SMARTS) is 1. The van der Waals surface area contributed by atoms with Crippen LogP contribution in [0, 0.1) is 6.92 Å². The second-order valence-corrected chi connectivity index (χ2v) is 4.35.